The number of rotatable bonds is 7. The van der Waals surface area contributed by atoms with Crippen molar-refractivity contribution in [3.63, 3.8) is 0 Å². The van der Waals surface area contributed by atoms with Crippen molar-refractivity contribution in [2.45, 2.75) is 46.6 Å². The van der Waals surface area contributed by atoms with Crippen molar-refractivity contribution in [1.82, 2.24) is 4.90 Å². The van der Waals surface area contributed by atoms with Gasteiger partial charge in [0, 0.05) is 14.2 Å². The minimum absolute atomic E-state index is 0.410. The van der Waals surface area contributed by atoms with E-state index in [1.165, 1.54) is 25.9 Å². The topological polar surface area (TPSA) is 21.7 Å². The standard InChI is InChI=1S/C16H33NO2/c1-13(2)16(14(3)4)7-9-17(10-8-16)15(11-18-5)12-19-6/h13-15H,7-12H2,1-6H3. The number of methoxy groups -OCH3 is 2. The van der Waals surface area contributed by atoms with Crippen LogP contribution >= 0.6 is 0 Å². The second kappa shape index (κ2) is 7.61. The van der Waals surface area contributed by atoms with E-state index in [0.29, 0.717) is 11.5 Å². The SMILES string of the molecule is COCC(COC)N1CCC(C(C)C)(C(C)C)CC1. The molecule has 1 saturated heterocycles. The molecule has 0 N–H and O–H groups in total. The van der Waals surface area contributed by atoms with Gasteiger partial charge in [-0.2, -0.15) is 0 Å². The van der Waals surface area contributed by atoms with E-state index < -0.39 is 0 Å². The molecule has 19 heavy (non-hydrogen) atoms. The molecule has 0 unspecified atom stereocenters. The molecule has 0 spiro atoms. The Morgan fingerprint density at radius 3 is 1.63 bits per heavy atom. The zero-order valence-electron chi connectivity index (χ0n) is 13.7. The van der Waals surface area contributed by atoms with Gasteiger partial charge in [-0.05, 0) is 43.2 Å². The van der Waals surface area contributed by atoms with E-state index in [0.717, 1.165) is 25.0 Å². The van der Waals surface area contributed by atoms with Crippen molar-refractivity contribution in [2.24, 2.45) is 17.3 Å². The summed E-state index contributed by atoms with van der Waals surface area (Å²) in [6.45, 7) is 13.4. The molecule has 3 heteroatoms. The summed E-state index contributed by atoms with van der Waals surface area (Å²) in [5.41, 5.74) is 0.515. The molecule has 1 aliphatic heterocycles. The lowest BCUT2D eigenvalue weighted by Crippen LogP contribution is -2.51. The summed E-state index contributed by atoms with van der Waals surface area (Å²) in [5, 5.41) is 0. The fourth-order valence-corrected chi connectivity index (χ4v) is 3.77. The summed E-state index contributed by atoms with van der Waals surface area (Å²) in [5.74, 6) is 1.52. The first-order valence-electron chi connectivity index (χ1n) is 7.69. The highest BCUT2D eigenvalue weighted by molar-refractivity contribution is 4.92. The Morgan fingerprint density at radius 2 is 1.32 bits per heavy atom. The van der Waals surface area contributed by atoms with Crippen molar-refractivity contribution < 1.29 is 9.47 Å². The van der Waals surface area contributed by atoms with Crippen LogP contribution in [-0.2, 0) is 9.47 Å². The molecular weight excluding hydrogens is 238 g/mol. The first-order chi connectivity index (χ1) is 8.97. The molecule has 0 amide bonds. The van der Waals surface area contributed by atoms with Crippen LogP contribution in [0, 0.1) is 17.3 Å². The van der Waals surface area contributed by atoms with Gasteiger partial charge in [0.1, 0.15) is 0 Å². The quantitative estimate of drug-likeness (QED) is 0.710. The maximum absolute atomic E-state index is 5.33. The summed E-state index contributed by atoms with van der Waals surface area (Å²) < 4.78 is 10.7. The van der Waals surface area contributed by atoms with Gasteiger partial charge in [0.25, 0.3) is 0 Å². The van der Waals surface area contributed by atoms with Crippen molar-refractivity contribution in [1.29, 1.82) is 0 Å². The van der Waals surface area contributed by atoms with Gasteiger partial charge < -0.3 is 9.47 Å². The Morgan fingerprint density at radius 1 is 0.895 bits per heavy atom. The molecule has 0 aliphatic carbocycles. The molecule has 0 bridgehead atoms. The normalized spacial score (nSPS) is 20.7. The number of hydrogen-bond acceptors (Lipinski definition) is 3. The van der Waals surface area contributed by atoms with Crippen molar-refractivity contribution >= 4 is 0 Å². The van der Waals surface area contributed by atoms with Crippen molar-refractivity contribution in [3.05, 3.63) is 0 Å². The first kappa shape index (κ1) is 16.9. The molecule has 0 atom stereocenters. The molecule has 0 aromatic carbocycles. The summed E-state index contributed by atoms with van der Waals surface area (Å²) in [7, 11) is 3.55. The lowest BCUT2D eigenvalue weighted by Gasteiger charge is -2.49. The van der Waals surface area contributed by atoms with Crippen LogP contribution in [0.5, 0.6) is 0 Å². The lowest BCUT2D eigenvalue weighted by atomic mass is 9.63. The average Bonchev–Trinajstić information content (AvgIpc) is 2.38. The van der Waals surface area contributed by atoms with E-state index in [1.807, 2.05) is 0 Å². The largest absolute Gasteiger partial charge is 0.383 e. The summed E-state index contributed by atoms with van der Waals surface area (Å²) in [6.07, 6.45) is 2.60. The van der Waals surface area contributed by atoms with Crippen molar-refractivity contribution in [3.8, 4) is 0 Å². The van der Waals surface area contributed by atoms with Crippen molar-refractivity contribution in [2.75, 3.05) is 40.5 Å². The number of likely N-dealkylation sites (tertiary alicyclic amines) is 1. The predicted molar refractivity (Wildman–Crippen MR) is 80.5 cm³/mol. The zero-order valence-corrected chi connectivity index (χ0v) is 13.7. The molecule has 1 rings (SSSR count). The second-order valence-corrected chi connectivity index (χ2v) is 6.64. The van der Waals surface area contributed by atoms with Crippen LogP contribution in [0.15, 0.2) is 0 Å². The fourth-order valence-electron chi connectivity index (χ4n) is 3.77. The van der Waals surface area contributed by atoms with Gasteiger partial charge in [-0.3, -0.25) is 4.90 Å². The highest BCUT2D eigenvalue weighted by Gasteiger charge is 2.40. The van der Waals surface area contributed by atoms with E-state index in [-0.39, 0.29) is 0 Å². The molecule has 3 nitrogen and oxygen atoms in total. The van der Waals surface area contributed by atoms with Gasteiger partial charge in [-0.25, -0.2) is 0 Å². The maximum atomic E-state index is 5.33. The molecule has 0 aromatic rings. The third-order valence-electron chi connectivity index (χ3n) is 5.26. The van der Waals surface area contributed by atoms with Crippen LogP contribution in [-0.4, -0.2) is 51.5 Å². The molecule has 114 valence electrons. The lowest BCUT2D eigenvalue weighted by molar-refractivity contribution is -0.0290. The summed E-state index contributed by atoms with van der Waals surface area (Å²) in [6, 6.07) is 0.410. The van der Waals surface area contributed by atoms with Gasteiger partial charge in [0.05, 0.1) is 19.3 Å². The molecule has 0 aromatic heterocycles. The fraction of sp³-hybridized carbons (Fsp3) is 1.00. The zero-order chi connectivity index (χ0) is 14.5. The highest BCUT2D eigenvalue weighted by atomic mass is 16.5. The Kier molecular flexibility index (Phi) is 6.78. The van der Waals surface area contributed by atoms with Crippen LogP contribution in [0.1, 0.15) is 40.5 Å². The monoisotopic (exact) mass is 271 g/mol. The number of hydrogen-bond donors (Lipinski definition) is 0. The van der Waals surface area contributed by atoms with E-state index in [2.05, 4.69) is 32.6 Å². The average molecular weight is 271 g/mol. The van der Waals surface area contributed by atoms with Crippen LogP contribution < -0.4 is 0 Å². The molecule has 0 saturated carbocycles. The van der Waals surface area contributed by atoms with Crippen LogP contribution in [0.3, 0.4) is 0 Å². The first-order valence-corrected chi connectivity index (χ1v) is 7.69. The Labute approximate surface area is 119 Å². The summed E-state index contributed by atoms with van der Waals surface area (Å²) >= 11 is 0. The second-order valence-electron chi connectivity index (χ2n) is 6.64. The number of nitrogens with zero attached hydrogens (tertiary/aromatic N) is 1. The Bertz CT molecular complexity index is 229. The molecule has 0 radical (unpaired) electrons. The van der Waals surface area contributed by atoms with Gasteiger partial charge in [0.2, 0.25) is 0 Å². The molecule has 1 heterocycles. The molecule has 1 aliphatic rings. The Balaban J connectivity index is 2.63. The smallest absolute Gasteiger partial charge is 0.0640 e. The van der Waals surface area contributed by atoms with E-state index in [4.69, 9.17) is 9.47 Å². The van der Waals surface area contributed by atoms with Crippen LogP contribution in [0.4, 0.5) is 0 Å². The summed E-state index contributed by atoms with van der Waals surface area (Å²) in [4.78, 5) is 2.55. The van der Waals surface area contributed by atoms with Gasteiger partial charge >= 0.3 is 0 Å². The molecular formula is C16H33NO2. The molecule has 1 fully saturated rings. The maximum Gasteiger partial charge on any atom is 0.0640 e. The number of piperidine rings is 1. The predicted octanol–water partition coefficient (Wildman–Crippen LogP) is 3.04. The third-order valence-corrected chi connectivity index (χ3v) is 5.26. The third kappa shape index (κ3) is 3.93. The van der Waals surface area contributed by atoms with Crippen LogP contribution in [0.25, 0.3) is 0 Å². The minimum Gasteiger partial charge on any atom is -0.383 e. The van der Waals surface area contributed by atoms with E-state index in [9.17, 15) is 0 Å². The van der Waals surface area contributed by atoms with E-state index >= 15 is 0 Å². The van der Waals surface area contributed by atoms with Gasteiger partial charge in [-0.1, -0.05) is 27.7 Å². The van der Waals surface area contributed by atoms with Gasteiger partial charge in [0.15, 0.2) is 0 Å². The number of ether oxygens (including phenoxy) is 2. The minimum atomic E-state index is 0.410. The Hall–Kier alpha value is -0.120. The van der Waals surface area contributed by atoms with Crippen LogP contribution in [0.2, 0.25) is 0 Å². The highest BCUT2D eigenvalue weighted by Crippen LogP contribution is 2.45. The van der Waals surface area contributed by atoms with E-state index in [1.54, 1.807) is 14.2 Å². The van der Waals surface area contributed by atoms with Gasteiger partial charge in [-0.15, -0.1) is 0 Å².